The number of thiazole rings is 1. The van der Waals surface area contributed by atoms with E-state index in [0.717, 1.165) is 9.48 Å². The van der Waals surface area contributed by atoms with Crippen molar-refractivity contribution in [2.24, 2.45) is 0 Å². The normalized spacial score (nSPS) is 11.0. The van der Waals surface area contributed by atoms with Crippen LogP contribution < -0.4 is 5.32 Å². The molecule has 2 aromatic rings. The molecular formula is C18H22BrN3O2S. The third-order valence-corrected chi connectivity index (χ3v) is 5.02. The molecule has 1 N–H and O–H groups in total. The lowest BCUT2D eigenvalue weighted by Crippen LogP contribution is -2.36. The molecule has 1 aromatic heterocycles. The molecule has 5 nitrogen and oxygen atoms in total. The van der Waals surface area contributed by atoms with Crippen LogP contribution in [-0.2, 0) is 6.54 Å². The molecule has 0 spiro atoms. The Kier molecular flexibility index (Phi) is 6.72. The molecule has 0 saturated heterocycles. The van der Waals surface area contributed by atoms with Gasteiger partial charge in [-0.05, 0) is 55.8 Å². The molecule has 2 amide bonds. The predicted molar refractivity (Wildman–Crippen MR) is 104 cm³/mol. The topological polar surface area (TPSA) is 62.3 Å². The minimum Gasteiger partial charge on any atom is -0.349 e. The van der Waals surface area contributed by atoms with Gasteiger partial charge in [0.2, 0.25) is 0 Å². The Morgan fingerprint density at radius 1 is 1.24 bits per heavy atom. The van der Waals surface area contributed by atoms with Crippen LogP contribution in [0.15, 0.2) is 34.1 Å². The van der Waals surface area contributed by atoms with Gasteiger partial charge >= 0.3 is 0 Å². The van der Waals surface area contributed by atoms with Crippen molar-refractivity contribution in [3.63, 3.8) is 0 Å². The van der Waals surface area contributed by atoms with Crippen LogP contribution in [-0.4, -0.2) is 33.8 Å². The number of nitrogens with one attached hydrogen (secondary N) is 1. The lowest BCUT2D eigenvalue weighted by molar-refractivity contribution is 0.0689. The number of carbonyl (C=O) groups excluding carboxylic acids is 2. The standard InChI is InChI=1S/C18H22BrN3O2S/c1-11(2)20-17(23)15-10-25-16(21-15)9-22(12(3)4)18(24)13-7-5-6-8-14(13)19/h5-8,10-12H,9H2,1-4H3,(H,20,23). The van der Waals surface area contributed by atoms with Gasteiger partial charge in [0.1, 0.15) is 10.7 Å². The molecule has 0 bridgehead atoms. The number of amides is 2. The molecule has 0 fully saturated rings. The molecule has 0 unspecified atom stereocenters. The van der Waals surface area contributed by atoms with Crippen LogP contribution in [0.25, 0.3) is 0 Å². The monoisotopic (exact) mass is 423 g/mol. The van der Waals surface area contributed by atoms with Gasteiger partial charge in [-0.1, -0.05) is 12.1 Å². The highest BCUT2D eigenvalue weighted by Crippen LogP contribution is 2.21. The van der Waals surface area contributed by atoms with E-state index >= 15 is 0 Å². The second-order valence-electron chi connectivity index (χ2n) is 6.26. The number of hydrogen-bond acceptors (Lipinski definition) is 4. The number of aromatic nitrogens is 1. The summed E-state index contributed by atoms with van der Waals surface area (Å²) in [4.78, 5) is 31.1. The SMILES string of the molecule is CC(C)NC(=O)c1csc(CN(C(=O)c2ccccc2Br)C(C)C)n1. The van der Waals surface area contributed by atoms with E-state index in [1.54, 1.807) is 16.3 Å². The van der Waals surface area contributed by atoms with Crippen LogP contribution >= 0.6 is 27.3 Å². The van der Waals surface area contributed by atoms with Crippen LogP contribution in [0.5, 0.6) is 0 Å². The Labute approximate surface area is 160 Å². The van der Waals surface area contributed by atoms with Crippen molar-refractivity contribution in [1.82, 2.24) is 15.2 Å². The summed E-state index contributed by atoms with van der Waals surface area (Å²) in [5.74, 6) is -0.253. The summed E-state index contributed by atoms with van der Waals surface area (Å²) in [7, 11) is 0. The van der Waals surface area contributed by atoms with Crippen LogP contribution in [0, 0.1) is 0 Å². The highest BCUT2D eigenvalue weighted by Gasteiger charge is 2.22. The Bertz CT molecular complexity index is 758. The molecule has 134 valence electrons. The lowest BCUT2D eigenvalue weighted by Gasteiger charge is -2.26. The van der Waals surface area contributed by atoms with Gasteiger partial charge in [0.25, 0.3) is 11.8 Å². The Morgan fingerprint density at radius 3 is 2.52 bits per heavy atom. The molecule has 2 rings (SSSR count). The summed E-state index contributed by atoms with van der Waals surface area (Å²) in [6.45, 7) is 8.12. The number of benzene rings is 1. The van der Waals surface area contributed by atoms with E-state index in [-0.39, 0.29) is 23.9 Å². The number of halogens is 1. The van der Waals surface area contributed by atoms with Gasteiger partial charge in [-0.3, -0.25) is 9.59 Å². The lowest BCUT2D eigenvalue weighted by atomic mass is 10.1. The number of hydrogen-bond donors (Lipinski definition) is 1. The first-order chi connectivity index (χ1) is 11.8. The second-order valence-corrected chi connectivity index (χ2v) is 8.06. The van der Waals surface area contributed by atoms with Gasteiger partial charge < -0.3 is 10.2 Å². The zero-order valence-electron chi connectivity index (χ0n) is 14.7. The highest BCUT2D eigenvalue weighted by atomic mass is 79.9. The van der Waals surface area contributed by atoms with E-state index in [2.05, 4.69) is 26.2 Å². The predicted octanol–water partition coefficient (Wildman–Crippen LogP) is 4.09. The molecule has 0 aliphatic carbocycles. The smallest absolute Gasteiger partial charge is 0.270 e. The molecule has 0 saturated carbocycles. The molecule has 0 aliphatic heterocycles. The fourth-order valence-corrected chi connectivity index (χ4v) is 3.47. The summed E-state index contributed by atoms with van der Waals surface area (Å²) in [6, 6.07) is 7.43. The maximum atomic E-state index is 12.9. The van der Waals surface area contributed by atoms with Gasteiger partial charge in [-0.2, -0.15) is 0 Å². The fourth-order valence-electron chi connectivity index (χ4n) is 2.25. The van der Waals surface area contributed by atoms with E-state index in [9.17, 15) is 9.59 Å². The molecule has 7 heteroatoms. The molecule has 1 aromatic carbocycles. The molecule has 0 atom stereocenters. The minimum atomic E-state index is -0.189. The summed E-state index contributed by atoms with van der Waals surface area (Å²) in [5.41, 5.74) is 1.01. The maximum absolute atomic E-state index is 12.9. The number of nitrogens with zero attached hydrogens (tertiary/aromatic N) is 2. The first-order valence-electron chi connectivity index (χ1n) is 8.10. The second kappa shape index (κ2) is 8.58. The Hall–Kier alpha value is -1.73. The van der Waals surface area contributed by atoms with Crippen LogP contribution in [0.1, 0.15) is 53.5 Å². The van der Waals surface area contributed by atoms with Crippen molar-refractivity contribution in [2.75, 3.05) is 0 Å². The number of rotatable bonds is 6. The first-order valence-corrected chi connectivity index (χ1v) is 9.77. The van der Waals surface area contributed by atoms with Crippen molar-refractivity contribution in [1.29, 1.82) is 0 Å². The highest BCUT2D eigenvalue weighted by molar-refractivity contribution is 9.10. The fraction of sp³-hybridized carbons (Fsp3) is 0.389. The van der Waals surface area contributed by atoms with Crippen LogP contribution in [0.3, 0.4) is 0 Å². The molecule has 25 heavy (non-hydrogen) atoms. The zero-order chi connectivity index (χ0) is 18.6. The van der Waals surface area contributed by atoms with E-state index in [4.69, 9.17) is 0 Å². The van der Waals surface area contributed by atoms with Crippen molar-refractivity contribution >= 4 is 39.1 Å². The van der Waals surface area contributed by atoms with E-state index < -0.39 is 0 Å². The molecule has 1 heterocycles. The third kappa shape index (κ3) is 5.12. The largest absolute Gasteiger partial charge is 0.349 e. The van der Waals surface area contributed by atoms with Gasteiger partial charge in [-0.15, -0.1) is 11.3 Å². The summed E-state index contributed by atoms with van der Waals surface area (Å²) in [6.07, 6.45) is 0. The summed E-state index contributed by atoms with van der Waals surface area (Å²) < 4.78 is 0.766. The molecule has 0 aliphatic rings. The summed E-state index contributed by atoms with van der Waals surface area (Å²) in [5, 5.41) is 5.29. The molecular weight excluding hydrogens is 402 g/mol. The first kappa shape index (κ1) is 19.6. The summed E-state index contributed by atoms with van der Waals surface area (Å²) >= 11 is 4.82. The van der Waals surface area contributed by atoms with Crippen molar-refractivity contribution < 1.29 is 9.59 Å². The van der Waals surface area contributed by atoms with Gasteiger partial charge in [-0.25, -0.2) is 4.98 Å². The van der Waals surface area contributed by atoms with E-state index in [0.29, 0.717) is 17.8 Å². The third-order valence-electron chi connectivity index (χ3n) is 3.50. The van der Waals surface area contributed by atoms with Gasteiger partial charge in [0.15, 0.2) is 0 Å². The molecule has 0 radical (unpaired) electrons. The van der Waals surface area contributed by atoms with E-state index in [1.165, 1.54) is 11.3 Å². The Balaban J connectivity index is 2.18. The quantitative estimate of drug-likeness (QED) is 0.760. The van der Waals surface area contributed by atoms with E-state index in [1.807, 2.05) is 45.9 Å². The van der Waals surface area contributed by atoms with Gasteiger partial charge in [0.05, 0.1) is 12.1 Å². The Morgan fingerprint density at radius 2 is 1.92 bits per heavy atom. The van der Waals surface area contributed by atoms with Crippen molar-refractivity contribution in [3.8, 4) is 0 Å². The zero-order valence-corrected chi connectivity index (χ0v) is 17.1. The number of carbonyl (C=O) groups is 2. The maximum Gasteiger partial charge on any atom is 0.270 e. The van der Waals surface area contributed by atoms with Crippen LogP contribution in [0.4, 0.5) is 0 Å². The van der Waals surface area contributed by atoms with Crippen molar-refractivity contribution in [2.45, 2.75) is 46.3 Å². The average Bonchev–Trinajstić information content (AvgIpc) is 3.00. The van der Waals surface area contributed by atoms with Crippen molar-refractivity contribution in [3.05, 3.63) is 50.4 Å². The minimum absolute atomic E-state index is 0.0106. The average molecular weight is 424 g/mol. The van der Waals surface area contributed by atoms with Crippen LogP contribution in [0.2, 0.25) is 0 Å². The van der Waals surface area contributed by atoms with Gasteiger partial charge in [0, 0.05) is 21.9 Å².